The minimum Gasteiger partial charge on any atom is -0.454 e. The highest BCUT2D eigenvalue weighted by Crippen LogP contribution is 2.34. The van der Waals surface area contributed by atoms with Crippen LogP contribution >= 0.6 is 0 Å². The number of halogens is 1. The molecule has 2 aromatic rings. The molecule has 0 aliphatic carbocycles. The molecule has 2 aromatic carbocycles. The minimum atomic E-state index is -0.350. The van der Waals surface area contributed by atoms with Crippen molar-refractivity contribution in [2.24, 2.45) is 5.73 Å². The molecule has 0 bridgehead atoms. The summed E-state index contributed by atoms with van der Waals surface area (Å²) in [7, 11) is 0. The highest BCUT2D eigenvalue weighted by molar-refractivity contribution is 5.45. The molecule has 112 valence electrons. The van der Waals surface area contributed by atoms with E-state index in [0.717, 1.165) is 16.7 Å². The Morgan fingerprint density at radius 2 is 1.95 bits per heavy atom. The van der Waals surface area contributed by atoms with Gasteiger partial charge in [-0.2, -0.15) is 0 Å². The maximum atomic E-state index is 14.1. The summed E-state index contributed by atoms with van der Waals surface area (Å²) in [5, 5.41) is 0. The van der Waals surface area contributed by atoms with Crippen LogP contribution in [0.3, 0.4) is 0 Å². The maximum Gasteiger partial charge on any atom is 0.166 e. The van der Waals surface area contributed by atoms with Gasteiger partial charge in [0.2, 0.25) is 0 Å². The number of nitrogens with two attached hydrogens (primary N) is 1. The van der Waals surface area contributed by atoms with E-state index in [1.807, 2.05) is 31.2 Å². The second kappa shape index (κ2) is 6.72. The Labute approximate surface area is 125 Å². The van der Waals surface area contributed by atoms with Crippen molar-refractivity contribution in [3.63, 3.8) is 0 Å². The first-order valence-electron chi connectivity index (χ1n) is 7.28. The number of hydrogen-bond acceptors (Lipinski definition) is 2. The Morgan fingerprint density at radius 1 is 1.19 bits per heavy atom. The first-order valence-corrected chi connectivity index (χ1v) is 7.28. The molecule has 0 aliphatic rings. The topological polar surface area (TPSA) is 35.2 Å². The molecule has 0 aliphatic heterocycles. The molecule has 0 atom stereocenters. The standard InChI is InChI=1S/C18H22FNO/c1-12(2)15-8-7-13(3)11-17(15)21-18-14(9-10-20)5-4-6-16(18)19/h4-8,11-12H,9-10,20H2,1-3H3. The van der Waals surface area contributed by atoms with E-state index in [9.17, 15) is 4.39 Å². The van der Waals surface area contributed by atoms with Crippen LogP contribution in [0.15, 0.2) is 36.4 Å². The van der Waals surface area contributed by atoms with Gasteiger partial charge in [0, 0.05) is 0 Å². The van der Waals surface area contributed by atoms with Gasteiger partial charge in [0.15, 0.2) is 11.6 Å². The normalized spacial score (nSPS) is 11.0. The highest BCUT2D eigenvalue weighted by Gasteiger charge is 2.14. The van der Waals surface area contributed by atoms with Gasteiger partial charge >= 0.3 is 0 Å². The molecule has 0 aromatic heterocycles. The van der Waals surface area contributed by atoms with Crippen LogP contribution < -0.4 is 10.5 Å². The Morgan fingerprint density at radius 3 is 2.62 bits per heavy atom. The van der Waals surface area contributed by atoms with E-state index in [2.05, 4.69) is 13.8 Å². The fraction of sp³-hybridized carbons (Fsp3) is 0.333. The van der Waals surface area contributed by atoms with Crippen LogP contribution in [0.2, 0.25) is 0 Å². The zero-order valence-corrected chi connectivity index (χ0v) is 12.8. The summed E-state index contributed by atoms with van der Waals surface area (Å²) in [4.78, 5) is 0. The van der Waals surface area contributed by atoms with E-state index in [1.54, 1.807) is 6.07 Å². The second-order valence-corrected chi connectivity index (χ2v) is 5.56. The quantitative estimate of drug-likeness (QED) is 0.875. The number of para-hydroxylation sites is 1. The molecule has 2 rings (SSSR count). The lowest BCUT2D eigenvalue weighted by Crippen LogP contribution is -2.05. The van der Waals surface area contributed by atoms with Crippen molar-refractivity contribution in [3.05, 3.63) is 58.9 Å². The maximum absolute atomic E-state index is 14.1. The molecule has 3 heteroatoms. The van der Waals surface area contributed by atoms with Gasteiger partial charge in [-0.05, 0) is 54.6 Å². The molecule has 0 spiro atoms. The van der Waals surface area contributed by atoms with Crippen molar-refractivity contribution in [2.75, 3.05) is 6.54 Å². The van der Waals surface area contributed by atoms with E-state index >= 15 is 0 Å². The molecule has 0 heterocycles. The average molecular weight is 287 g/mol. The molecular formula is C18H22FNO. The Hall–Kier alpha value is -1.87. The molecule has 0 amide bonds. The average Bonchev–Trinajstić information content (AvgIpc) is 2.42. The Kier molecular flexibility index (Phi) is 4.97. The zero-order chi connectivity index (χ0) is 15.4. The molecular weight excluding hydrogens is 265 g/mol. The van der Waals surface area contributed by atoms with Gasteiger partial charge in [0.05, 0.1) is 0 Å². The molecule has 2 nitrogen and oxygen atoms in total. The molecule has 0 saturated heterocycles. The monoisotopic (exact) mass is 287 g/mol. The van der Waals surface area contributed by atoms with Crippen molar-refractivity contribution < 1.29 is 9.13 Å². The Bertz CT molecular complexity index is 623. The van der Waals surface area contributed by atoms with Crippen molar-refractivity contribution in [2.45, 2.75) is 33.1 Å². The third-order valence-corrected chi connectivity index (χ3v) is 3.47. The van der Waals surface area contributed by atoms with Gasteiger partial charge in [0.1, 0.15) is 5.75 Å². The highest BCUT2D eigenvalue weighted by atomic mass is 19.1. The van der Waals surface area contributed by atoms with Crippen LogP contribution in [0.5, 0.6) is 11.5 Å². The van der Waals surface area contributed by atoms with Crippen molar-refractivity contribution in [1.29, 1.82) is 0 Å². The van der Waals surface area contributed by atoms with Crippen LogP contribution in [0.4, 0.5) is 4.39 Å². The lowest BCUT2D eigenvalue weighted by molar-refractivity contribution is 0.429. The first kappa shape index (κ1) is 15.5. The molecule has 0 unspecified atom stereocenters. The van der Waals surface area contributed by atoms with Crippen LogP contribution in [0, 0.1) is 12.7 Å². The number of benzene rings is 2. The molecule has 21 heavy (non-hydrogen) atoms. The van der Waals surface area contributed by atoms with Crippen molar-refractivity contribution >= 4 is 0 Å². The summed E-state index contributed by atoms with van der Waals surface area (Å²) in [5.41, 5.74) is 8.56. The summed E-state index contributed by atoms with van der Waals surface area (Å²) < 4.78 is 20.1. The summed E-state index contributed by atoms with van der Waals surface area (Å²) in [6.07, 6.45) is 0.593. The summed E-state index contributed by atoms with van der Waals surface area (Å²) in [6, 6.07) is 11.0. The number of rotatable bonds is 5. The Balaban J connectivity index is 2.45. The third-order valence-electron chi connectivity index (χ3n) is 3.47. The predicted molar refractivity (Wildman–Crippen MR) is 84.5 cm³/mol. The second-order valence-electron chi connectivity index (χ2n) is 5.56. The summed E-state index contributed by atoms with van der Waals surface area (Å²) in [6.45, 7) is 6.66. The number of ether oxygens (including phenoxy) is 1. The number of hydrogen-bond donors (Lipinski definition) is 1. The van der Waals surface area contributed by atoms with Gasteiger partial charge in [0.25, 0.3) is 0 Å². The SMILES string of the molecule is Cc1ccc(C(C)C)c(Oc2c(F)cccc2CCN)c1. The van der Waals surface area contributed by atoms with Crippen LogP contribution in [0.25, 0.3) is 0 Å². The van der Waals surface area contributed by atoms with Gasteiger partial charge in [-0.25, -0.2) is 4.39 Å². The molecule has 0 radical (unpaired) electrons. The van der Waals surface area contributed by atoms with Gasteiger partial charge in [-0.1, -0.05) is 38.1 Å². The number of aryl methyl sites for hydroxylation is 1. The van der Waals surface area contributed by atoms with Crippen molar-refractivity contribution in [1.82, 2.24) is 0 Å². The van der Waals surface area contributed by atoms with Gasteiger partial charge in [-0.15, -0.1) is 0 Å². The fourth-order valence-corrected chi connectivity index (χ4v) is 2.34. The van der Waals surface area contributed by atoms with Crippen LogP contribution in [-0.2, 0) is 6.42 Å². The predicted octanol–water partition coefficient (Wildman–Crippen LogP) is 4.55. The summed E-state index contributed by atoms with van der Waals surface area (Å²) in [5.74, 6) is 0.964. The van der Waals surface area contributed by atoms with E-state index in [1.165, 1.54) is 6.07 Å². The van der Waals surface area contributed by atoms with E-state index in [0.29, 0.717) is 24.6 Å². The first-order chi connectivity index (χ1) is 10.0. The van der Waals surface area contributed by atoms with Crippen LogP contribution in [-0.4, -0.2) is 6.54 Å². The fourth-order valence-electron chi connectivity index (χ4n) is 2.34. The largest absolute Gasteiger partial charge is 0.454 e. The smallest absolute Gasteiger partial charge is 0.166 e. The molecule has 0 saturated carbocycles. The molecule has 0 fully saturated rings. The van der Waals surface area contributed by atoms with Gasteiger partial charge in [-0.3, -0.25) is 0 Å². The van der Waals surface area contributed by atoms with Crippen LogP contribution in [0.1, 0.15) is 36.5 Å². The van der Waals surface area contributed by atoms with Crippen molar-refractivity contribution in [3.8, 4) is 11.5 Å². The lowest BCUT2D eigenvalue weighted by atomic mass is 10.0. The minimum absolute atomic E-state index is 0.287. The van der Waals surface area contributed by atoms with E-state index in [-0.39, 0.29) is 11.6 Å². The summed E-state index contributed by atoms with van der Waals surface area (Å²) >= 11 is 0. The van der Waals surface area contributed by atoms with E-state index in [4.69, 9.17) is 10.5 Å². The zero-order valence-electron chi connectivity index (χ0n) is 12.8. The van der Waals surface area contributed by atoms with E-state index < -0.39 is 0 Å². The van der Waals surface area contributed by atoms with Gasteiger partial charge < -0.3 is 10.5 Å². The lowest BCUT2D eigenvalue weighted by Gasteiger charge is -2.17. The molecule has 2 N–H and O–H groups in total. The third kappa shape index (κ3) is 3.61.